The first-order valence-electron chi connectivity index (χ1n) is 11.7. The fourth-order valence-corrected chi connectivity index (χ4v) is 6.53. The normalized spacial score (nSPS) is 39.7. The Morgan fingerprint density at radius 2 is 1.69 bits per heavy atom. The maximum absolute atomic E-state index is 9.93. The van der Waals surface area contributed by atoms with E-state index in [0.717, 1.165) is 36.7 Å². The topological polar surface area (TPSA) is 33.0 Å². The molecule has 0 amide bonds. The molecule has 0 aromatic carbocycles. The van der Waals surface area contributed by atoms with Crippen molar-refractivity contribution in [2.75, 3.05) is 6.61 Å². The Labute approximate surface area is 162 Å². The Kier molecular flexibility index (Phi) is 7.44. The lowest BCUT2D eigenvalue weighted by Crippen LogP contribution is -2.45. The molecular weight excluding hydrogens is 318 g/mol. The van der Waals surface area contributed by atoms with Crippen LogP contribution < -0.4 is 0 Å². The van der Waals surface area contributed by atoms with Crippen LogP contribution in [-0.4, -0.2) is 12.7 Å². The smallest absolute Gasteiger partial charge is 0.0689 e. The number of ether oxygens (including phenoxy) is 1. The van der Waals surface area contributed by atoms with Crippen LogP contribution in [0.1, 0.15) is 104 Å². The summed E-state index contributed by atoms with van der Waals surface area (Å²) in [5.41, 5.74) is 0.0175. The molecule has 2 heteroatoms. The average Bonchev–Trinajstić information content (AvgIpc) is 2.68. The molecule has 3 aliphatic rings. The fraction of sp³-hybridized carbons (Fsp3) is 0.958. The van der Waals surface area contributed by atoms with Crippen LogP contribution in [0.3, 0.4) is 0 Å². The van der Waals surface area contributed by atoms with Gasteiger partial charge in [0, 0.05) is 6.61 Å². The van der Waals surface area contributed by atoms with Gasteiger partial charge in [0.15, 0.2) is 0 Å². The first-order valence-corrected chi connectivity index (χ1v) is 11.7. The second-order valence-corrected chi connectivity index (χ2v) is 9.68. The van der Waals surface area contributed by atoms with Gasteiger partial charge in [-0.1, -0.05) is 39.5 Å². The average molecular weight is 360 g/mol. The van der Waals surface area contributed by atoms with E-state index in [1.807, 2.05) is 0 Å². The quantitative estimate of drug-likeness (QED) is 0.442. The largest absolute Gasteiger partial charge is 0.378 e. The van der Waals surface area contributed by atoms with E-state index in [9.17, 15) is 5.26 Å². The zero-order chi connectivity index (χ0) is 18.4. The van der Waals surface area contributed by atoms with Crippen LogP contribution in [0.25, 0.3) is 0 Å². The van der Waals surface area contributed by atoms with Crippen LogP contribution in [0.5, 0.6) is 0 Å². The molecule has 0 heterocycles. The Morgan fingerprint density at radius 1 is 0.923 bits per heavy atom. The molecule has 3 fully saturated rings. The van der Waals surface area contributed by atoms with E-state index >= 15 is 0 Å². The Morgan fingerprint density at radius 3 is 2.46 bits per heavy atom. The van der Waals surface area contributed by atoms with Crippen LogP contribution in [0.4, 0.5) is 0 Å². The summed E-state index contributed by atoms with van der Waals surface area (Å²) in [5, 5.41) is 9.93. The molecule has 148 valence electrons. The van der Waals surface area contributed by atoms with Crippen molar-refractivity contribution in [2.24, 2.45) is 29.1 Å². The summed E-state index contributed by atoms with van der Waals surface area (Å²) in [6, 6.07) is 2.80. The molecule has 0 radical (unpaired) electrons. The highest BCUT2D eigenvalue weighted by Gasteiger charge is 2.48. The first-order chi connectivity index (χ1) is 12.7. The molecule has 4 unspecified atom stereocenters. The Bertz CT molecular complexity index is 469. The third-order valence-corrected chi connectivity index (χ3v) is 8.01. The van der Waals surface area contributed by atoms with Gasteiger partial charge in [0.05, 0.1) is 17.6 Å². The van der Waals surface area contributed by atoms with Gasteiger partial charge in [-0.2, -0.15) is 5.26 Å². The van der Waals surface area contributed by atoms with Crippen molar-refractivity contribution >= 4 is 0 Å². The highest BCUT2D eigenvalue weighted by Crippen LogP contribution is 2.56. The third-order valence-electron chi connectivity index (χ3n) is 8.01. The molecule has 0 saturated heterocycles. The maximum Gasteiger partial charge on any atom is 0.0689 e. The summed E-state index contributed by atoms with van der Waals surface area (Å²) in [5.74, 6) is 3.60. The Balaban J connectivity index is 1.53. The summed E-state index contributed by atoms with van der Waals surface area (Å²) in [7, 11) is 0. The molecule has 3 aliphatic carbocycles. The highest BCUT2D eigenvalue weighted by molar-refractivity contribution is 5.06. The predicted molar refractivity (Wildman–Crippen MR) is 108 cm³/mol. The zero-order valence-corrected chi connectivity index (χ0v) is 17.3. The van der Waals surface area contributed by atoms with Gasteiger partial charge in [-0.3, -0.25) is 0 Å². The lowest BCUT2D eigenvalue weighted by atomic mass is 9.53. The number of hydrogen-bond donors (Lipinski definition) is 0. The van der Waals surface area contributed by atoms with Crippen molar-refractivity contribution in [1.82, 2.24) is 0 Å². The van der Waals surface area contributed by atoms with E-state index in [2.05, 4.69) is 19.9 Å². The minimum Gasteiger partial charge on any atom is -0.378 e. The molecule has 3 rings (SSSR count). The van der Waals surface area contributed by atoms with Crippen LogP contribution >= 0.6 is 0 Å². The van der Waals surface area contributed by atoms with Crippen LogP contribution in [0, 0.1) is 40.4 Å². The number of nitriles is 1. The van der Waals surface area contributed by atoms with Crippen molar-refractivity contribution in [3.63, 3.8) is 0 Å². The van der Waals surface area contributed by atoms with Crippen molar-refractivity contribution < 1.29 is 4.74 Å². The highest BCUT2D eigenvalue weighted by atomic mass is 16.5. The monoisotopic (exact) mass is 359 g/mol. The van der Waals surface area contributed by atoms with E-state index in [1.54, 1.807) is 0 Å². The number of rotatable bonds is 8. The van der Waals surface area contributed by atoms with Crippen LogP contribution in [0.2, 0.25) is 0 Å². The summed E-state index contributed by atoms with van der Waals surface area (Å²) in [6.45, 7) is 5.47. The van der Waals surface area contributed by atoms with Crippen molar-refractivity contribution in [1.29, 1.82) is 5.26 Å². The van der Waals surface area contributed by atoms with Crippen LogP contribution in [0.15, 0.2) is 0 Å². The second-order valence-electron chi connectivity index (χ2n) is 9.68. The van der Waals surface area contributed by atoms with Crippen LogP contribution in [-0.2, 0) is 4.74 Å². The third kappa shape index (κ3) is 4.64. The minimum atomic E-state index is 0.0175. The van der Waals surface area contributed by atoms with E-state index in [0.29, 0.717) is 6.10 Å². The van der Waals surface area contributed by atoms with E-state index in [1.165, 1.54) is 83.5 Å². The van der Waals surface area contributed by atoms with Crippen molar-refractivity contribution in [3.05, 3.63) is 0 Å². The fourth-order valence-electron chi connectivity index (χ4n) is 6.53. The van der Waals surface area contributed by atoms with E-state index in [4.69, 9.17) is 4.74 Å². The summed E-state index contributed by atoms with van der Waals surface area (Å²) >= 11 is 0. The van der Waals surface area contributed by atoms with Crippen molar-refractivity contribution in [2.45, 2.75) is 110 Å². The zero-order valence-electron chi connectivity index (χ0n) is 17.3. The lowest BCUT2D eigenvalue weighted by Gasteiger charge is -2.52. The number of unbranched alkanes of at least 4 members (excludes halogenated alkanes) is 3. The molecule has 0 aromatic rings. The van der Waals surface area contributed by atoms with Gasteiger partial charge in [0.2, 0.25) is 0 Å². The number of nitrogens with zero attached hydrogens (tertiary/aromatic N) is 1. The van der Waals surface area contributed by atoms with E-state index < -0.39 is 0 Å². The second kappa shape index (κ2) is 9.59. The van der Waals surface area contributed by atoms with Gasteiger partial charge in [-0.05, 0) is 87.9 Å². The molecule has 0 aliphatic heterocycles. The van der Waals surface area contributed by atoms with Gasteiger partial charge >= 0.3 is 0 Å². The standard InChI is InChI=1S/C24H41NO/c1-3-5-7-13-24(18-25)14-12-23-20(17-24)9-8-19-16-21(10-11-22(19)23)26-15-6-4-2/h19-23H,3-17H2,1-2H3/t19?,20?,21-,22?,23?,24+/m0/s1. The molecule has 0 bridgehead atoms. The van der Waals surface area contributed by atoms with Gasteiger partial charge in [0.1, 0.15) is 0 Å². The molecule has 3 saturated carbocycles. The molecule has 0 aromatic heterocycles. The number of hydrogen-bond acceptors (Lipinski definition) is 2. The molecule has 0 N–H and O–H groups in total. The summed E-state index contributed by atoms with van der Waals surface area (Å²) in [6.07, 6.45) is 18.4. The molecule has 26 heavy (non-hydrogen) atoms. The van der Waals surface area contributed by atoms with Gasteiger partial charge in [-0.25, -0.2) is 0 Å². The number of fused-ring (bicyclic) bond motifs is 3. The first kappa shape index (κ1) is 20.2. The summed E-state index contributed by atoms with van der Waals surface area (Å²) < 4.78 is 6.17. The molecule has 0 spiro atoms. The molecule has 2 nitrogen and oxygen atoms in total. The van der Waals surface area contributed by atoms with Gasteiger partial charge in [-0.15, -0.1) is 0 Å². The Hall–Kier alpha value is -0.550. The lowest BCUT2D eigenvalue weighted by molar-refractivity contribution is -0.0594. The maximum atomic E-state index is 9.93. The van der Waals surface area contributed by atoms with Gasteiger partial charge < -0.3 is 4.74 Å². The predicted octanol–water partition coefficient (Wildman–Crippen LogP) is 6.89. The van der Waals surface area contributed by atoms with Gasteiger partial charge in [0.25, 0.3) is 0 Å². The molecule has 6 atom stereocenters. The van der Waals surface area contributed by atoms with Crippen molar-refractivity contribution in [3.8, 4) is 6.07 Å². The van der Waals surface area contributed by atoms with E-state index in [-0.39, 0.29) is 5.41 Å². The summed E-state index contributed by atoms with van der Waals surface area (Å²) in [4.78, 5) is 0. The molecular formula is C24H41NO. The SMILES string of the molecule is CCCCC[C@@]1(C#N)CCC2C(CCC3C[C@@H](OCCCC)CCC32)C1. The minimum absolute atomic E-state index is 0.0175.